The van der Waals surface area contributed by atoms with Crippen LogP contribution in [0.25, 0.3) is 22.5 Å². The third kappa shape index (κ3) is 5.63. The molecule has 1 unspecified atom stereocenters. The minimum absolute atomic E-state index is 0.0329. The Labute approximate surface area is 257 Å². The minimum Gasteiger partial charge on any atom is -0.395 e. The summed E-state index contributed by atoms with van der Waals surface area (Å²) in [7, 11) is 0. The van der Waals surface area contributed by atoms with Gasteiger partial charge in [-0.3, -0.25) is 14.3 Å². The summed E-state index contributed by atoms with van der Waals surface area (Å²) in [4.78, 5) is 27.9. The lowest BCUT2D eigenvalue weighted by molar-refractivity contribution is -0.138. The Hall–Kier alpha value is -4.05. The number of aromatic amines is 1. The summed E-state index contributed by atoms with van der Waals surface area (Å²) in [5.74, 6) is 0.582. The van der Waals surface area contributed by atoms with E-state index in [0.717, 1.165) is 97.7 Å². The Balaban J connectivity index is 1.36. The van der Waals surface area contributed by atoms with Gasteiger partial charge in [-0.25, -0.2) is 4.68 Å². The molecule has 0 saturated heterocycles. The highest BCUT2D eigenvalue weighted by molar-refractivity contribution is 5.83. The van der Waals surface area contributed by atoms with Crippen molar-refractivity contribution >= 4 is 5.91 Å². The molecule has 2 aromatic carbocycles. The molecule has 6 rings (SSSR count). The van der Waals surface area contributed by atoms with Crippen molar-refractivity contribution in [2.75, 3.05) is 13.2 Å². The van der Waals surface area contributed by atoms with Crippen LogP contribution in [0.1, 0.15) is 87.6 Å². The molecule has 44 heavy (non-hydrogen) atoms. The van der Waals surface area contributed by atoms with Crippen LogP contribution in [0, 0.1) is 5.41 Å². The van der Waals surface area contributed by atoms with E-state index in [1.54, 1.807) is 0 Å². The molecular weight excluding hydrogens is 554 g/mol. The second-order valence-corrected chi connectivity index (χ2v) is 12.3. The van der Waals surface area contributed by atoms with Crippen LogP contribution < -0.4 is 10.9 Å². The number of carbonyl (C=O) groups is 1. The first-order valence-corrected chi connectivity index (χ1v) is 16.2. The van der Waals surface area contributed by atoms with E-state index in [2.05, 4.69) is 67.9 Å². The average Bonchev–Trinajstić information content (AvgIpc) is 3.70. The number of fused-ring (bicyclic) bond motifs is 1. The van der Waals surface area contributed by atoms with Crippen LogP contribution in [-0.4, -0.2) is 54.2 Å². The molecule has 1 saturated carbocycles. The lowest BCUT2D eigenvalue weighted by Crippen LogP contribution is -2.51. The topological polar surface area (TPSA) is 131 Å². The fourth-order valence-corrected chi connectivity index (χ4v) is 7.53. The Morgan fingerprint density at radius 3 is 2.55 bits per heavy atom. The van der Waals surface area contributed by atoms with Crippen molar-refractivity contribution in [3.05, 3.63) is 75.7 Å². The van der Waals surface area contributed by atoms with Gasteiger partial charge in [0.2, 0.25) is 11.7 Å². The molecule has 1 fully saturated rings. The summed E-state index contributed by atoms with van der Waals surface area (Å²) in [6.45, 7) is 3.04. The van der Waals surface area contributed by atoms with Gasteiger partial charge in [0.05, 0.1) is 18.1 Å². The van der Waals surface area contributed by atoms with Gasteiger partial charge in [0.25, 0.3) is 5.56 Å². The number of hydrogen-bond donors (Lipinski definition) is 3. The number of aliphatic hydroxyl groups excluding tert-OH is 1. The summed E-state index contributed by atoms with van der Waals surface area (Å²) >= 11 is 0. The molecule has 232 valence electrons. The molecular formula is C34H43N7O3. The predicted molar refractivity (Wildman–Crippen MR) is 169 cm³/mol. The number of nitrogens with one attached hydrogen (secondary N) is 2. The summed E-state index contributed by atoms with van der Waals surface area (Å²) < 4.78 is 4.20. The molecule has 1 amide bonds. The number of H-pyrrole nitrogens is 1. The molecule has 1 aliphatic heterocycles. The highest BCUT2D eigenvalue weighted by Crippen LogP contribution is 2.49. The Bertz CT molecular complexity index is 1620. The van der Waals surface area contributed by atoms with Crippen LogP contribution in [-0.2, 0) is 24.2 Å². The highest BCUT2D eigenvalue weighted by atomic mass is 16.3. The van der Waals surface area contributed by atoms with Crippen LogP contribution in [0.4, 0.5) is 0 Å². The molecule has 4 aromatic rings. The largest absolute Gasteiger partial charge is 0.395 e. The molecule has 2 aliphatic rings. The number of rotatable bonds is 11. The van der Waals surface area contributed by atoms with Gasteiger partial charge in [0.1, 0.15) is 0 Å². The van der Waals surface area contributed by atoms with Crippen molar-refractivity contribution in [1.29, 1.82) is 0 Å². The molecule has 1 atom stereocenters. The quantitative estimate of drug-likeness (QED) is 0.227. The van der Waals surface area contributed by atoms with Crippen molar-refractivity contribution in [2.45, 2.75) is 90.1 Å². The second-order valence-electron chi connectivity index (χ2n) is 12.3. The number of amides is 1. The standard InChI is InChI=1S/C34H43N7O3/c1-2-3-12-29-28(23-24-14-16-25(17-15-24)26-10-5-6-11-27(26)31-36-38-39-37-31)32(43)40-21-9-13-30(41(29)40)34(18-7-4-8-19-34)33(44)35-20-22-42/h5-6,10-11,14-17,30,42H,2-4,7-9,12-13,18-23H2,1H3,(H,35,44)(H,36,37,38,39). The smallest absolute Gasteiger partial charge is 0.270 e. The molecule has 3 N–H and O–H groups in total. The zero-order valence-electron chi connectivity index (χ0n) is 25.6. The van der Waals surface area contributed by atoms with E-state index in [1.165, 1.54) is 0 Å². The number of tetrazole rings is 1. The Morgan fingerprint density at radius 2 is 1.84 bits per heavy atom. The van der Waals surface area contributed by atoms with E-state index in [-0.39, 0.29) is 30.7 Å². The van der Waals surface area contributed by atoms with Gasteiger partial charge in [-0.1, -0.05) is 81.1 Å². The minimum atomic E-state index is -0.562. The molecule has 3 heterocycles. The van der Waals surface area contributed by atoms with Crippen LogP contribution in [0.5, 0.6) is 0 Å². The lowest BCUT2D eigenvalue weighted by atomic mass is 9.66. The average molecular weight is 598 g/mol. The van der Waals surface area contributed by atoms with E-state index >= 15 is 0 Å². The number of nitrogens with zero attached hydrogens (tertiary/aromatic N) is 5. The third-order valence-corrected chi connectivity index (χ3v) is 9.68. The van der Waals surface area contributed by atoms with Crippen molar-refractivity contribution in [2.24, 2.45) is 5.41 Å². The summed E-state index contributed by atoms with van der Waals surface area (Å²) in [6, 6.07) is 16.3. The number of aromatic nitrogens is 6. The molecule has 10 heteroatoms. The van der Waals surface area contributed by atoms with Gasteiger partial charge in [-0.15, -0.1) is 10.2 Å². The summed E-state index contributed by atoms with van der Waals surface area (Å²) in [5, 5.41) is 27.1. The maximum Gasteiger partial charge on any atom is 0.270 e. The lowest BCUT2D eigenvalue weighted by Gasteiger charge is -2.45. The van der Waals surface area contributed by atoms with E-state index in [4.69, 9.17) is 0 Å². The number of unbranched alkanes of at least 4 members (excludes halogenated alkanes) is 1. The second kappa shape index (κ2) is 13.3. The normalized spacial score (nSPS) is 17.7. The Morgan fingerprint density at radius 1 is 1.07 bits per heavy atom. The molecule has 0 bridgehead atoms. The van der Waals surface area contributed by atoms with Crippen LogP contribution in [0.2, 0.25) is 0 Å². The molecule has 10 nitrogen and oxygen atoms in total. The number of aliphatic hydroxyl groups is 1. The van der Waals surface area contributed by atoms with Crippen LogP contribution in [0.3, 0.4) is 0 Å². The van der Waals surface area contributed by atoms with E-state index in [1.807, 2.05) is 22.9 Å². The molecule has 1 aliphatic carbocycles. The maximum atomic E-state index is 14.1. The fourth-order valence-electron chi connectivity index (χ4n) is 7.53. The van der Waals surface area contributed by atoms with E-state index < -0.39 is 5.41 Å². The van der Waals surface area contributed by atoms with Gasteiger partial charge in [0.15, 0.2) is 0 Å². The van der Waals surface area contributed by atoms with Crippen molar-refractivity contribution in [1.82, 2.24) is 35.3 Å². The van der Waals surface area contributed by atoms with Gasteiger partial charge in [-0.2, -0.15) is 5.21 Å². The van der Waals surface area contributed by atoms with Gasteiger partial charge < -0.3 is 10.4 Å². The zero-order valence-corrected chi connectivity index (χ0v) is 25.6. The summed E-state index contributed by atoms with van der Waals surface area (Å²) in [6.07, 6.45) is 9.92. The van der Waals surface area contributed by atoms with Gasteiger partial charge in [0, 0.05) is 36.3 Å². The fraction of sp³-hybridized carbons (Fsp3) is 0.500. The highest BCUT2D eigenvalue weighted by Gasteiger charge is 2.49. The first-order valence-electron chi connectivity index (χ1n) is 16.2. The zero-order chi connectivity index (χ0) is 30.5. The molecule has 0 radical (unpaired) electrons. The number of hydrogen-bond acceptors (Lipinski definition) is 6. The maximum absolute atomic E-state index is 14.1. The van der Waals surface area contributed by atoms with Gasteiger partial charge >= 0.3 is 0 Å². The van der Waals surface area contributed by atoms with Crippen molar-refractivity contribution < 1.29 is 9.90 Å². The van der Waals surface area contributed by atoms with Crippen LogP contribution >= 0.6 is 0 Å². The summed E-state index contributed by atoms with van der Waals surface area (Å²) in [5.41, 5.74) is 5.50. The van der Waals surface area contributed by atoms with Crippen molar-refractivity contribution in [3.63, 3.8) is 0 Å². The SMILES string of the molecule is CCCCc1c(Cc2ccc(-c3ccccc3-c3nn[nH]n3)cc2)c(=O)n2n1C(C1(C(=O)NCCO)CCCCC1)CCC2. The number of benzene rings is 2. The number of carbonyl (C=O) groups excluding carboxylic acids is 1. The van der Waals surface area contributed by atoms with E-state index in [0.29, 0.717) is 18.8 Å². The van der Waals surface area contributed by atoms with Crippen LogP contribution in [0.15, 0.2) is 53.3 Å². The molecule has 0 spiro atoms. The first-order chi connectivity index (χ1) is 21.6. The Kier molecular flexibility index (Phi) is 9.07. The monoisotopic (exact) mass is 597 g/mol. The van der Waals surface area contributed by atoms with Gasteiger partial charge in [-0.05, 0) is 60.4 Å². The molecule has 2 aromatic heterocycles. The predicted octanol–water partition coefficient (Wildman–Crippen LogP) is 4.82. The first kappa shape index (κ1) is 30.0. The van der Waals surface area contributed by atoms with E-state index in [9.17, 15) is 14.7 Å². The van der Waals surface area contributed by atoms with Crippen molar-refractivity contribution in [3.8, 4) is 22.5 Å². The third-order valence-electron chi connectivity index (χ3n) is 9.68.